The lowest BCUT2D eigenvalue weighted by atomic mass is 10.1. The van der Waals surface area contributed by atoms with Gasteiger partial charge in [-0.2, -0.15) is 4.98 Å². The molecule has 0 unspecified atom stereocenters. The van der Waals surface area contributed by atoms with E-state index in [0.717, 1.165) is 24.3 Å². The van der Waals surface area contributed by atoms with Crippen molar-refractivity contribution in [3.8, 4) is 0 Å². The van der Waals surface area contributed by atoms with Gasteiger partial charge in [0.15, 0.2) is 10.8 Å². The molecule has 0 spiro atoms. The van der Waals surface area contributed by atoms with Gasteiger partial charge in [-0.3, -0.25) is 0 Å². The number of fused-ring (bicyclic) bond motifs is 1. The molecule has 0 saturated carbocycles. The molecule has 0 saturated heterocycles. The van der Waals surface area contributed by atoms with Crippen LogP contribution >= 0.6 is 23.2 Å². The SMILES string of the molecule is CCCCCCCCCCn1c(C)nc2nc(Cl)nc(Cl)c21. The van der Waals surface area contributed by atoms with Crippen molar-refractivity contribution in [3.63, 3.8) is 0 Å². The molecule has 4 nitrogen and oxygen atoms in total. The molecular formula is C16H24Cl2N4. The summed E-state index contributed by atoms with van der Waals surface area (Å²) in [7, 11) is 0. The highest BCUT2D eigenvalue weighted by Gasteiger charge is 2.14. The van der Waals surface area contributed by atoms with E-state index in [0.29, 0.717) is 10.8 Å². The standard InChI is InChI=1S/C16H24Cl2N4/c1-3-4-5-6-7-8-9-10-11-22-12(2)19-15-13(22)14(17)20-16(18)21-15/h3-11H2,1-2H3. The maximum Gasteiger partial charge on any atom is 0.225 e. The first-order valence-electron chi connectivity index (χ1n) is 8.19. The van der Waals surface area contributed by atoms with Gasteiger partial charge in [-0.05, 0) is 24.9 Å². The maximum atomic E-state index is 6.20. The second-order valence-electron chi connectivity index (χ2n) is 5.74. The number of unbranched alkanes of at least 4 members (excludes halogenated alkanes) is 7. The van der Waals surface area contributed by atoms with Gasteiger partial charge in [0.25, 0.3) is 0 Å². The molecule has 0 aliphatic heterocycles. The van der Waals surface area contributed by atoms with Crippen LogP contribution in [-0.2, 0) is 6.54 Å². The lowest BCUT2D eigenvalue weighted by Crippen LogP contribution is -2.01. The van der Waals surface area contributed by atoms with Crippen LogP contribution in [0.5, 0.6) is 0 Å². The maximum absolute atomic E-state index is 6.20. The van der Waals surface area contributed by atoms with Crippen LogP contribution in [0.25, 0.3) is 11.2 Å². The van der Waals surface area contributed by atoms with Crippen LogP contribution in [0, 0.1) is 6.92 Å². The molecule has 0 bridgehead atoms. The van der Waals surface area contributed by atoms with Crippen molar-refractivity contribution >= 4 is 34.4 Å². The molecule has 0 aliphatic rings. The first-order valence-corrected chi connectivity index (χ1v) is 8.95. The molecule has 2 aromatic rings. The molecule has 0 amide bonds. The van der Waals surface area contributed by atoms with Crippen LogP contribution in [0.4, 0.5) is 0 Å². The Labute approximate surface area is 142 Å². The van der Waals surface area contributed by atoms with E-state index in [1.54, 1.807) is 0 Å². The zero-order chi connectivity index (χ0) is 15.9. The van der Waals surface area contributed by atoms with Gasteiger partial charge in [0.1, 0.15) is 11.3 Å². The van der Waals surface area contributed by atoms with Crippen LogP contribution in [0.3, 0.4) is 0 Å². The van der Waals surface area contributed by atoms with Crippen molar-refractivity contribution in [2.45, 2.75) is 71.8 Å². The second-order valence-corrected chi connectivity index (χ2v) is 6.44. The Morgan fingerprint density at radius 3 is 2.18 bits per heavy atom. The van der Waals surface area contributed by atoms with E-state index >= 15 is 0 Å². The summed E-state index contributed by atoms with van der Waals surface area (Å²) in [6.07, 6.45) is 10.4. The average Bonchev–Trinajstić information content (AvgIpc) is 2.77. The minimum atomic E-state index is 0.147. The van der Waals surface area contributed by atoms with Crippen molar-refractivity contribution < 1.29 is 0 Å². The van der Waals surface area contributed by atoms with E-state index in [-0.39, 0.29) is 5.28 Å². The summed E-state index contributed by atoms with van der Waals surface area (Å²) in [5, 5.41) is 0.532. The summed E-state index contributed by atoms with van der Waals surface area (Å²) in [5.41, 5.74) is 1.38. The van der Waals surface area contributed by atoms with Crippen molar-refractivity contribution in [3.05, 3.63) is 16.3 Å². The predicted octanol–water partition coefficient (Wildman–Crippen LogP) is 5.58. The Balaban J connectivity index is 1.86. The van der Waals surface area contributed by atoms with E-state index < -0.39 is 0 Å². The van der Waals surface area contributed by atoms with E-state index in [4.69, 9.17) is 23.2 Å². The van der Waals surface area contributed by atoms with Crippen molar-refractivity contribution in [2.24, 2.45) is 0 Å². The van der Waals surface area contributed by atoms with E-state index in [1.165, 1.54) is 44.9 Å². The van der Waals surface area contributed by atoms with Gasteiger partial charge < -0.3 is 4.57 Å². The molecule has 0 fully saturated rings. The van der Waals surface area contributed by atoms with Gasteiger partial charge >= 0.3 is 0 Å². The van der Waals surface area contributed by atoms with Gasteiger partial charge in [-0.25, -0.2) is 9.97 Å². The van der Waals surface area contributed by atoms with Gasteiger partial charge in [-0.1, -0.05) is 63.5 Å². The number of hydrogen-bond acceptors (Lipinski definition) is 3. The van der Waals surface area contributed by atoms with Crippen LogP contribution in [0.1, 0.15) is 64.1 Å². The van der Waals surface area contributed by atoms with E-state index in [9.17, 15) is 0 Å². The molecule has 0 aliphatic carbocycles. The number of halogens is 2. The van der Waals surface area contributed by atoms with Crippen LogP contribution < -0.4 is 0 Å². The lowest BCUT2D eigenvalue weighted by molar-refractivity contribution is 0.544. The average molecular weight is 343 g/mol. The quantitative estimate of drug-likeness (QED) is 0.339. The number of aromatic nitrogens is 4. The summed E-state index contributed by atoms with van der Waals surface area (Å²) >= 11 is 12.0. The topological polar surface area (TPSA) is 43.6 Å². The Kier molecular flexibility index (Phi) is 6.90. The highest BCUT2D eigenvalue weighted by molar-refractivity contribution is 6.35. The first kappa shape index (κ1) is 17.5. The van der Waals surface area contributed by atoms with Gasteiger partial charge in [-0.15, -0.1) is 0 Å². The second kappa shape index (κ2) is 8.68. The molecule has 6 heteroatoms. The molecule has 0 N–H and O–H groups in total. The fraction of sp³-hybridized carbons (Fsp3) is 0.688. The molecule has 0 atom stereocenters. The summed E-state index contributed by atoms with van der Waals surface area (Å²) in [6, 6.07) is 0. The van der Waals surface area contributed by atoms with Crippen LogP contribution in [0.2, 0.25) is 10.4 Å². The minimum Gasteiger partial charge on any atom is -0.324 e. The molecule has 0 aromatic carbocycles. The molecule has 22 heavy (non-hydrogen) atoms. The van der Waals surface area contributed by atoms with Crippen molar-refractivity contribution in [1.29, 1.82) is 0 Å². The van der Waals surface area contributed by atoms with Crippen LogP contribution in [0.15, 0.2) is 0 Å². The minimum absolute atomic E-state index is 0.147. The number of nitrogens with zero attached hydrogens (tertiary/aromatic N) is 4. The fourth-order valence-electron chi connectivity index (χ4n) is 2.75. The summed E-state index contributed by atoms with van der Waals surface area (Å²) in [6.45, 7) is 5.12. The number of imidazole rings is 1. The Morgan fingerprint density at radius 2 is 1.50 bits per heavy atom. The Morgan fingerprint density at radius 1 is 0.864 bits per heavy atom. The lowest BCUT2D eigenvalue weighted by Gasteiger charge is -2.07. The zero-order valence-electron chi connectivity index (χ0n) is 13.4. The van der Waals surface area contributed by atoms with Gasteiger partial charge in [0.2, 0.25) is 5.28 Å². The first-order chi connectivity index (χ1) is 10.6. The van der Waals surface area contributed by atoms with Crippen molar-refractivity contribution in [1.82, 2.24) is 19.5 Å². The number of rotatable bonds is 9. The smallest absolute Gasteiger partial charge is 0.225 e. The predicted molar refractivity (Wildman–Crippen MR) is 92.7 cm³/mol. The van der Waals surface area contributed by atoms with E-state index in [2.05, 4.69) is 26.4 Å². The fourth-order valence-corrected chi connectivity index (χ4v) is 3.23. The van der Waals surface area contributed by atoms with Gasteiger partial charge in [0.05, 0.1) is 0 Å². The monoisotopic (exact) mass is 342 g/mol. The van der Waals surface area contributed by atoms with E-state index in [1.807, 2.05) is 6.92 Å². The normalized spacial score (nSPS) is 11.5. The van der Waals surface area contributed by atoms with Gasteiger partial charge in [0, 0.05) is 6.54 Å². The third kappa shape index (κ3) is 4.56. The van der Waals surface area contributed by atoms with Crippen molar-refractivity contribution in [2.75, 3.05) is 0 Å². The number of aryl methyl sites for hydroxylation is 2. The Hall–Kier alpha value is -0.870. The third-order valence-corrected chi connectivity index (χ3v) is 4.39. The summed E-state index contributed by atoms with van der Waals surface area (Å²) in [4.78, 5) is 12.6. The largest absolute Gasteiger partial charge is 0.324 e. The molecular weight excluding hydrogens is 319 g/mol. The Bertz CT molecular complexity index is 610. The third-order valence-electron chi connectivity index (χ3n) is 3.96. The molecule has 122 valence electrons. The molecule has 2 aromatic heterocycles. The molecule has 2 rings (SSSR count). The highest BCUT2D eigenvalue weighted by Crippen LogP contribution is 2.24. The molecule has 2 heterocycles. The highest BCUT2D eigenvalue weighted by atomic mass is 35.5. The van der Waals surface area contributed by atoms with Crippen LogP contribution in [-0.4, -0.2) is 19.5 Å². The zero-order valence-corrected chi connectivity index (χ0v) is 14.9. The number of hydrogen-bond donors (Lipinski definition) is 0. The summed E-state index contributed by atoms with van der Waals surface area (Å²) in [5.74, 6) is 0.913. The molecule has 0 radical (unpaired) electrons. The summed E-state index contributed by atoms with van der Waals surface area (Å²) < 4.78 is 2.10.